The van der Waals surface area contributed by atoms with Crippen molar-refractivity contribution in [2.45, 2.75) is 0 Å². The molecule has 0 aliphatic rings. The summed E-state index contributed by atoms with van der Waals surface area (Å²) in [5.41, 5.74) is 0.722. The van der Waals surface area contributed by atoms with Gasteiger partial charge in [0.1, 0.15) is 5.56 Å². The van der Waals surface area contributed by atoms with Gasteiger partial charge in [-0.25, -0.2) is 9.78 Å². The van der Waals surface area contributed by atoms with E-state index in [9.17, 15) is 14.9 Å². The summed E-state index contributed by atoms with van der Waals surface area (Å²) in [6, 6.07) is 2.67. The molecule has 0 aliphatic heterocycles. The minimum atomic E-state index is -0.736. The number of aryl methyl sites for hydroxylation is 1. The number of hydrogen-bond acceptors (Lipinski definition) is 5. The Morgan fingerprint density at radius 3 is 2.82 bits per heavy atom. The third-order valence-corrected chi connectivity index (χ3v) is 2.44. The van der Waals surface area contributed by atoms with E-state index in [-0.39, 0.29) is 11.3 Å². The molecule has 0 spiro atoms. The molecule has 0 unspecified atom stereocenters. The molecule has 1 aromatic carbocycles. The van der Waals surface area contributed by atoms with Gasteiger partial charge in [-0.2, -0.15) is 0 Å². The van der Waals surface area contributed by atoms with Gasteiger partial charge >= 0.3 is 5.97 Å². The van der Waals surface area contributed by atoms with Crippen molar-refractivity contribution >= 4 is 22.7 Å². The van der Waals surface area contributed by atoms with E-state index in [1.54, 1.807) is 11.6 Å². The van der Waals surface area contributed by atoms with Crippen LogP contribution >= 0.6 is 0 Å². The standard InChI is InChI=1S/C10H9N3O4/c1-12-5-11-7-4-8(13(15)16)6(3-9(7)12)10(14)17-2/h3-5H,1-2H3. The smallest absolute Gasteiger partial charge is 0.344 e. The molecule has 0 aliphatic carbocycles. The SMILES string of the molecule is COC(=O)c1cc2c(cc1[N+](=O)[O-])ncn2C. The van der Waals surface area contributed by atoms with Crippen molar-refractivity contribution in [1.82, 2.24) is 9.55 Å². The maximum absolute atomic E-state index is 11.5. The van der Waals surface area contributed by atoms with Gasteiger partial charge in [0.15, 0.2) is 0 Å². The summed E-state index contributed by atoms with van der Waals surface area (Å²) in [6.45, 7) is 0. The summed E-state index contributed by atoms with van der Waals surface area (Å²) in [5, 5.41) is 10.9. The largest absolute Gasteiger partial charge is 0.465 e. The predicted molar refractivity (Wildman–Crippen MR) is 58.7 cm³/mol. The maximum atomic E-state index is 11.5. The average molecular weight is 235 g/mol. The maximum Gasteiger partial charge on any atom is 0.344 e. The Morgan fingerprint density at radius 1 is 1.53 bits per heavy atom. The van der Waals surface area contributed by atoms with Crippen LogP contribution in [-0.2, 0) is 11.8 Å². The molecule has 88 valence electrons. The Labute approximate surface area is 95.8 Å². The second kappa shape index (κ2) is 3.85. The lowest BCUT2D eigenvalue weighted by atomic mass is 10.1. The van der Waals surface area contributed by atoms with E-state index in [0.29, 0.717) is 11.0 Å². The fourth-order valence-electron chi connectivity index (χ4n) is 1.59. The van der Waals surface area contributed by atoms with E-state index in [1.807, 2.05) is 0 Å². The highest BCUT2D eigenvalue weighted by Crippen LogP contribution is 2.25. The number of methoxy groups -OCH3 is 1. The molecule has 0 bridgehead atoms. The Balaban J connectivity index is 2.77. The summed E-state index contributed by atoms with van der Waals surface area (Å²) in [4.78, 5) is 25.7. The number of hydrogen-bond donors (Lipinski definition) is 0. The highest BCUT2D eigenvalue weighted by Gasteiger charge is 2.23. The third kappa shape index (κ3) is 1.71. The molecule has 2 rings (SSSR count). The predicted octanol–water partition coefficient (Wildman–Crippen LogP) is 1.27. The van der Waals surface area contributed by atoms with Crippen LogP contribution in [0.15, 0.2) is 18.5 Å². The number of nitro benzene ring substituents is 1. The molecule has 0 radical (unpaired) electrons. The topological polar surface area (TPSA) is 87.3 Å². The monoisotopic (exact) mass is 235 g/mol. The Bertz CT molecular complexity index is 617. The van der Waals surface area contributed by atoms with Gasteiger partial charge in [0.2, 0.25) is 0 Å². The lowest BCUT2D eigenvalue weighted by Crippen LogP contribution is -2.06. The molecule has 17 heavy (non-hydrogen) atoms. The Kier molecular flexibility index (Phi) is 2.51. The van der Waals surface area contributed by atoms with E-state index in [2.05, 4.69) is 9.72 Å². The van der Waals surface area contributed by atoms with Crippen LogP contribution in [0, 0.1) is 10.1 Å². The van der Waals surface area contributed by atoms with E-state index in [0.717, 1.165) is 0 Å². The highest BCUT2D eigenvalue weighted by molar-refractivity contribution is 5.98. The minimum Gasteiger partial charge on any atom is -0.465 e. The number of rotatable bonds is 2. The zero-order valence-electron chi connectivity index (χ0n) is 9.21. The van der Waals surface area contributed by atoms with Gasteiger partial charge in [-0.1, -0.05) is 0 Å². The fraction of sp³-hybridized carbons (Fsp3) is 0.200. The number of nitrogens with zero attached hydrogens (tertiary/aromatic N) is 3. The van der Waals surface area contributed by atoms with Gasteiger partial charge in [-0.15, -0.1) is 0 Å². The van der Waals surface area contributed by atoms with Gasteiger partial charge in [0, 0.05) is 13.1 Å². The number of carbonyl (C=O) groups excluding carboxylic acids is 1. The van der Waals surface area contributed by atoms with Gasteiger partial charge in [0.05, 0.1) is 29.4 Å². The van der Waals surface area contributed by atoms with Crippen molar-refractivity contribution in [3.8, 4) is 0 Å². The number of carbonyl (C=O) groups is 1. The third-order valence-electron chi connectivity index (χ3n) is 2.44. The molecule has 7 nitrogen and oxygen atoms in total. The molecule has 0 amide bonds. The van der Waals surface area contributed by atoms with Crippen LogP contribution in [0.4, 0.5) is 5.69 Å². The van der Waals surface area contributed by atoms with E-state index in [1.165, 1.54) is 25.6 Å². The van der Waals surface area contributed by atoms with Gasteiger partial charge < -0.3 is 9.30 Å². The van der Waals surface area contributed by atoms with E-state index in [4.69, 9.17) is 0 Å². The van der Waals surface area contributed by atoms with Crippen molar-refractivity contribution in [1.29, 1.82) is 0 Å². The molecule has 0 atom stereocenters. The Morgan fingerprint density at radius 2 is 2.24 bits per heavy atom. The van der Waals surface area contributed by atoms with E-state index >= 15 is 0 Å². The quantitative estimate of drug-likeness (QED) is 0.444. The molecule has 0 fully saturated rings. The number of esters is 1. The molecule has 0 saturated carbocycles. The minimum absolute atomic E-state index is 0.0754. The summed E-state index contributed by atoms with van der Waals surface area (Å²) >= 11 is 0. The Hall–Kier alpha value is -2.44. The first-order valence-corrected chi connectivity index (χ1v) is 4.72. The fourth-order valence-corrected chi connectivity index (χ4v) is 1.59. The zero-order valence-corrected chi connectivity index (χ0v) is 9.21. The van der Waals surface area contributed by atoms with Crippen LogP contribution in [0.3, 0.4) is 0 Å². The first-order valence-electron chi connectivity index (χ1n) is 4.72. The number of nitro groups is 1. The zero-order chi connectivity index (χ0) is 12.6. The van der Waals surface area contributed by atoms with Crippen LogP contribution < -0.4 is 0 Å². The van der Waals surface area contributed by atoms with Crippen molar-refractivity contribution < 1.29 is 14.5 Å². The lowest BCUT2D eigenvalue weighted by Gasteiger charge is -2.02. The van der Waals surface area contributed by atoms with E-state index < -0.39 is 10.9 Å². The second-order valence-electron chi connectivity index (χ2n) is 3.46. The molecule has 2 aromatic rings. The average Bonchev–Trinajstić information content (AvgIpc) is 2.68. The number of ether oxygens (including phenoxy) is 1. The van der Waals surface area contributed by atoms with Gasteiger partial charge in [-0.05, 0) is 6.07 Å². The highest BCUT2D eigenvalue weighted by atomic mass is 16.6. The first-order chi connectivity index (χ1) is 8.04. The first kappa shape index (κ1) is 11.1. The van der Waals surface area contributed by atoms with Crippen LogP contribution in [0.2, 0.25) is 0 Å². The van der Waals surface area contributed by atoms with Crippen LogP contribution in [-0.4, -0.2) is 27.6 Å². The van der Waals surface area contributed by atoms with Crippen LogP contribution in [0.5, 0.6) is 0 Å². The number of fused-ring (bicyclic) bond motifs is 1. The molecule has 1 aromatic heterocycles. The molecular weight excluding hydrogens is 226 g/mol. The molecule has 1 heterocycles. The summed E-state index contributed by atoms with van der Waals surface area (Å²) in [6.07, 6.45) is 1.52. The van der Waals surface area contributed by atoms with Crippen molar-refractivity contribution in [3.05, 3.63) is 34.1 Å². The number of benzene rings is 1. The number of imidazole rings is 1. The van der Waals surface area contributed by atoms with Crippen molar-refractivity contribution in [2.24, 2.45) is 7.05 Å². The van der Waals surface area contributed by atoms with Gasteiger partial charge in [0.25, 0.3) is 5.69 Å². The van der Waals surface area contributed by atoms with Crippen LogP contribution in [0.25, 0.3) is 11.0 Å². The lowest BCUT2D eigenvalue weighted by molar-refractivity contribution is -0.385. The molecule has 0 N–H and O–H groups in total. The number of aromatic nitrogens is 2. The van der Waals surface area contributed by atoms with Crippen molar-refractivity contribution in [2.75, 3.05) is 7.11 Å². The molecule has 0 saturated heterocycles. The second-order valence-corrected chi connectivity index (χ2v) is 3.46. The van der Waals surface area contributed by atoms with Gasteiger partial charge in [-0.3, -0.25) is 10.1 Å². The van der Waals surface area contributed by atoms with Crippen LogP contribution in [0.1, 0.15) is 10.4 Å². The summed E-state index contributed by atoms with van der Waals surface area (Å²) in [5.74, 6) is -0.736. The van der Waals surface area contributed by atoms with Crippen molar-refractivity contribution in [3.63, 3.8) is 0 Å². The normalized spacial score (nSPS) is 10.5. The molecule has 7 heteroatoms. The molecular formula is C10H9N3O4. The summed E-state index contributed by atoms with van der Waals surface area (Å²) in [7, 11) is 2.92. The summed E-state index contributed by atoms with van der Waals surface area (Å²) < 4.78 is 6.19.